The number of methoxy groups -OCH3 is 1. The third kappa shape index (κ3) is 4.47. The standard InChI is InChI=1S/C16H12Br2N2O3/c1-22-15-13(17)6-10(7-14(15)18)5-11(8-19)16(21)20-9-12-3-2-4-23-12/h2-7H,9H2,1H3,(H,20,21)/b11-5+. The van der Waals surface area contributed by atoms with Crippen molar-refractivity contribution in [3.8, 4) is 11.8 Å². The minimum absolute atomic E-state index is 0.000484. The molecule has 5 nitrogen and oxygen atoms in total. The molecule has 1 heterocycles. The number of amides is 1. The number of hydrogen-bond acceptors (Lipinski definition) is 4. The maximum absolute atomic E-state index is 12.1. The number of nitrogens with zero attached hydrogens (tertiary/aromatic N) is 1. The molecule has 23 heavy (non-hydrogen) atoms. The molecule has 1 aromatic carbocycles. The van der Waals surface area contributed by atoms with E-state index in [1.807, 2.05) is 6.07 Å². The average Bonchev–Trinajstić information content (AvgIpc) is 3.03. The van der Waals surface area contributed by atoms with Gasteiger partial charge in [0.15, 0.2) is 0 Å². The van der Waals surface area contributed by atoms with Crippen LogP contribution in [0.3, 0.4) is 0 Å². The predicted molar refractivity (Wildman–Crippen MR) is 92.5 cm³/mol. The summed E-state index contributed by atoms with van der Waals surface area (Å²) in [5.74, 6) is 0.792. The molecule has 0 aliphatic carbocycles. The van der Waals surface area contributed by atoms with Crippen LogP contribution in [0.1, 0.15) is 11.3 Å². The molecule has 1 aromatic heterocycles. The second kappa shape index (κ2) is 7.99. The van der Waals surface area contributed by atoms with E-state index in [4.69, 9.17) is 9.15 Å². The second-order valence-electron chi connectivity index (χ2n) is 4.45. The van der Waals surface area contributed by atoms with Crippen LogP contribution in [0.4, 0.5) is 0 Å². The van der Waals surface area contributed by atoms with Crippen LogP contribution in [0, 0.1) is 11.3 Å². The number of hydrogen-bond donors (Lipinski definition) is 1. The van der Waals surface area contributed by atoms with E-state index >= 15 is 0 Å². The number of furan rings is 1. The fraction of sp³-hybridized carbons (Fsp3) is 0.125. The van der Waals surface area contributed by atoms with Gasteiger partial charge in [-0.25, -0.2) is 0 Å². The van der Waals surface area contributed by atoms with Gasteiger partial charge in [-0.3, -0.25) is 4.79 Å². The Hall–Kier alpha value is -2.04. The zero-order valence-electron chi connectivity index (χ0n) is 12.1. The molecule has 0 fully saturated rings. The van der Waals surface area contributed by atoms with Crippen LogP contribution in [-0.4, -0.2) is 13.0 Å². The van der Waals surface area contributed by atoms with Crippen molar-refractivity contribution in [1.29, 1.82) is 5.26 Å². The van der Waals surface area contributed by atoms with Gasteiger partial charge in [0.1, 0.15) is 23.2 Å². The van der Waals surface area contributed by atoms with Crippen molar-refractivity contribution in [3.05, 3.63) is 56.4 Å². The van der Waals surface area contributed by atoms with E-state index in [1.165, 1.54) is 12.3 Å². The molecule has 1 amide bonds. The van der Waals surface area contributed by atoms with Crippen LogP contribution in [0.15, 0.2) is 49.5 Å². The fourth-order valence-electron chi connectivity index (χ4n) is 1.85. The molecule has 1 N–H and O–H groups in total. The molecule has 0 unspecified atom stereocenters. The minimum atomic E-state index is -0.466. The first kappa shape index (κ1) is 17.3. The number of rotatable bonds is 5. The van der Waals surface area contributed by atoms with Gasteiger partial charge in [-0.05, 0) is 67.8 Å². The Morgan fingerprint density at radius 1 is 1.43 bits per heavy atom. The highest BCUT2D eigenvalue weighted by molar-refractivity contribution is 9.11. The molecule has 0 aliphatic rings. The van der Waals surface area contributed by atoms with Crippen LogP contribution in [-0.2, 0) is 11.3 Å². The molecule has 0 atom stereocenters. The van der Waals surface area contributed by atoms with E-state index in [2.05, 4.69) is 37.2 Å². The van der Waals surface area contributed by atoms with E-state index < -0.39 is 5.91 Å². The molecule has 0 spiro atoms. The SMILES string of the molecule is COc1c(Br)cc(/C=C(\C#N)C(=O)NCc2ccco2)cc1Br. The summed E-state index contributed by atoms with van der Waals surface area (Å²) in [5.41, 5.74) is 0.690. The summed E-state index contributed by atoms with van der Waals surface area (Å²) in [6.45, 7) is 0.223. The Labute approximate surface area is 150 Å². The summed E-state index contributed by atoms with van der Waals surface area (Å²) in [6, 6.07) is 8.91. The highest BCUT2D eigenvalue weighted by atomic mass is 79.9. The van der Waals surface area contributed by atoms with Crippen molar-refractivity contribution >= 4 is 43.8 Å². The summed E-state index contributed by atoms with van der Waals surface area (Å²) < 4.78 is 11.8. The summed E-state index contributed by atoms with van der Waals surface area (Å²) >= 11 is 6.77. The monoisotopic (exact) mass is 438 g/mol. The lowest BCUT2D eigenvalue weighted by molar-refractivity contribution is -0.117. The van der Waals surface area contributed by atoms with Gasteiger partial charge in [-0.15, -0.1) is 0 Å². The Bertz CT molecular complexity index is 754. The number of carbonyl (C=O) groups excluding carboxylic acids is 1. The topological polar surface area (TPSA) is 75.3 Å². The molecule has 0 saturated carbocycles. The smallest absolute Gasteiger partial charge is 0.262 e. The molecule has 7 heteroatoms. The van der Waals surface area contributed by atoms with Gasteiger partial charge in [-0.1, -0.05) is 0 Å². The highest BCUT2D eigenvalue weighted by Gasteiger charge is 2.12. The van der Waals surface area contributed by atoms with Gasteiger partial charge in [0.05, 0.1) is 28.9 Å². The van der Waals surface area contributed by atoms with E-state index in [-0.39, 0.29) is 12.1 Å². The Kier molecular flexibility index (Phi) is 6.02. The van der Waals surface area contributed by atoms with Gasteiger partial charge in [0.25, 0.3) is 5.91 Å². The molecule has 0 aliphatic heterocycles. The third-order valence-electron chi connectivity index (χ3n) is 2.90. The molecule has 0 saturated heterocycles. The van der Waals surface area contributed by atoms with Gasteiger partial charge < -0.3 is 14.5 Å². The maximum atomic E-state index is 12.1. The number of halogens is 2. The van der Waals surface area contributed by atoms with Crippen LogP contribution in [0.5, 0.6) is 5.75 Å². The summed E-state index contributed by atoms with van der Waals surface area (Å²) in [6.07, 6.45) is 3.03. The zero-order chi connectivity index (χ0) is 16.8. The maximum Gasteiger partial charge on any atom is 0.262 e. The fourth-order valence-corrected chi connectivity index (χ4v) is 3.39. The van der Waals surface area contributed by atoms with Crippen LogP contribution in [0.2, 0.25) is 0 Å². The highest BCUT2D eigenvalue weighted by Crippen LogP contribution is 2.34. The van der Waals surface area contributed by atoms with E-state index in [0.29, 0.717) is 26.0 Å². The number of nitrogens with one attached hydrogen (secondary N) is 1. The summed E-state index contributed by atoms with van der Waals surface area (Å²) in [4.78, 5) is 12.1. The van der Waals surface area contributed by atoms with Crippen molar-refractivity contribution in [2.75, 3.05) is 7.11 Å². The number of ether oxygens (including phenoxy) is 1. The van der Waals surface area contributed by atoms with Crippen molar-refractivity contribution in [2.24, 2.45) is 0 Å². The van der Waals surface area contributed by atoms with Crippen LogP contribution in [0.25, 0.3) is 6.08 Å². The van der Waals surface area contributed by atoms with Crippen LogP contribution >= 0.6 is 31.9 Å². The third-order valence-corrected chi connectivity index (χ3v) is 4.08. The molecule has 0 bridgehead atoms. The lowest BCUT2D eigenvalue weighted by atomic mass is 10.1. The van der Waals surface area contributed by atoms with Gasteiger partial charge >= 0.3 is 0 Å². The van der Waals surface area contributed by atoms with Crippen molar-refractivity contribution < 1.29 is 13.9 Å². The largest absolute Gasteiger partial charge is 0.494 e. The summed E-state index contributed by atoms with van der Waals surface area (Å²) in [5, 5.41) is 11.8. The van der Waals surface area contributed by atoms with Crippen molar-refractivity contribution in [2.45, 2.75) is 6.54 Å². The molecular formula is C16H12Br2N2O3. The first-order valence-corrected chi connectivity index (χ1v) is 8.09. The van der Waals surface area contributed by atoms with Gasteiger partial charge in [0.2, 0.25) is 0 Å². The average molecular weight is 440 g/mol. The normalized spacial score (nSPS) is 11.0. The lowest BCUT2D eigenvalue weighted by Crippen LogP contribution is -2.23. The van der Waals surface area contributed by atoms with E-state index in [9.17, 15) is 10.1 Å². The van der Waals surface area contributed by atoms with Crippen molar-refractivity contribution in [1.82, 2.24) is 5.32 Å². The number of benzene rings is 1. The van der Waals surface area contributed by atoms with Crippen molar-refractivity contribution in [3.63, 3.8) is 0 Å². The van der Waals surface area contributed by atoms with Gasteiger partial charge in [0, 0.05) is 0 Å². The predicted octanol–water partition coefficient (Wildman–Crippen LogP) is 4.04. The molecule has 0 radical (unpaired) electrons. The number of nitriles is 1. The summed E-state index contributed by atoms with van der Waals surface area (Å²) in [7, 11) is 1.56. The number of carbonyl (C=O) groups is 1. The Morgan fingerprint density at radius 2 is 2.13 bits per heavy atom. The minimum Gasteiger partial charge on any atom is -0.494 e. The first-order valence-electron chi connectivity index (χ1n) is 6.50. The second-order valence-corrected chi connectivity index (χ2v) is 6.16. The lowest BCUT2D eigenvalue weighted by Gasteiger charge is -2.07. The molecule has 2 aromatic rings. The quantitative estimate of drug-likeness (QED) is 0.563. The Balaban J connectivity index is 2.18. The molecule has 2 rings (SSSR count). The first-order chi connectivity index (χ1) is 11.0. The molecular weight excluding hydrogens is 428 g/mol. The van der Waals surface area contributed by atoms with E-state index in [1.54, 1.807) is 31.4 Å². The zero-order valence-corrected chi connectivity index (χ0v) is 15.3. The van der Waals surface area contributed by atoms with Gasteiger partial charge in [-0.2, -0.15) is 5.26 Å². The Morgan fingerprint density at radius 3 is 2.65 bits per heavy atom. The van der Waals surface area contributed by atoms with Crippen LogP contribution < -0.4 is 10.1 Å². The van der Waals surface area contributed by atoms with E-state index in [0.717, 1.165) is 0 Å². The molecule has 118 valence electrons.